The maximum Gasteiger partial charge on any atom is 0.0963 e. The second kappa shape index (κ2) is 36.9. The number of hydrogen-bond donors (Lipinski definition) is 0. The van der Waals surface area contributed by atoms with Gasteiger partial charge in [0.15, 0.2) is 0 Å². The van der Waals surface area contributed by atoms with Crippen molar-refractivity contribution >= 4 is 131 Å². The third-order valence-corrected chi connectivity index (χ3v) is 28.5. The number of para-hydroxylation sites is 6. The Hall–Kier alpha value is -20.8. The summed E-state index contributed by atoms with van der Waals surface area (Å²) in [5.74, 6) is 0. The van der Waals surface area contributed by atoms with Gasteiger partial charge in [0.05, 0.1) is 152 Å². The maximum absolute atomic E-state index is 5.13. The van der Waals surface area contributed by atoms with E-state index in [-0.39, 0.29) is 0 Å². The summed E-state index contributed by atoms with van der Waals surface area (Å²) in [5.41, 5.74) is 37.3. The van der Waals surface area contributed by atoms with Crippen LogP contribution in [0.15, 0.2) is 511 Å². The summed E-state index contributed by atoms with van der Waals surface area (Å²) in [6.07, 6.45) is 20.8. The van der Waals surface area contributed by atoms with Crippen molar-refractivity contribution in [1.82, 2.24) is 87.2 Å². The van der Waals surface area contributed by atoms with E-state index in [4.69, 9.17) is 34.9 Å². The monoisotopic (exact) mass is 1920 g/mol. The highest BCUT2D eigenvalue weighted by molar-refractivity contribution is 6.14. The molecule has 0 N–H and O–H groups in total. The summed E-state index contributed by atoms with van der Waals surface area (Å²) in [4.78, 5) is 57.6. The Labute approximate surface area is 859 Å². The predicted molar refractivity (Wildman–Crippen MR) is 608 cm³/mol. The number of benzene rings is 12. The Morgan fingerprint density at radius 2 is 0.327 bits per heavy atom. The van der Waals surface area contributed by atoms with Crippen molar-refractivity contribution in [1.29, 1.82) is 0 Å². The van der Waals surface area contributed by atoms with Gasteiger partial charge < -0.3 is 27.4 Å². The number of nitrogens with zero attached hydrogens (tertiary/aromatic N) is 18. The van der Waals surface area contributed by atoms with E-state index in [1.54, 1.807) is 0 Å². The second-order valence-electron chi connectivity index (χ2n) is 37.2. The van der Waals surface area contributed by atoms with Crippen LogP contribution in [-0.4, -0.2) is 87.2 Å². The fraction of sp³-hybridized carbons (Fsp3) is 0. The standard InChI is InChI=1S/3C44H28N6/c1-3-20-40-33(14-1)34-23-25-45-28-43(34)50(40)32-13-6-11-30(27-32)37-17-8-19-39(48-37)38-18-7-16-36(47-38)29-10-5-12-31(26-29)49-41-21-4-2-15-35(41)44-42(49)22-9-24-46-44;1-3-19-41-33(13-1)35-27-45-23-21-43(35)49(41)31-11-5-9-29(25-31)37-15-7-17-39(47-37)40-18-8-16-38(48-40)30-10-6-12-32(26-30)50-42-20-4-2-14-34(42)36-28-46-24-22-44(36)50;1-3-19-41-33(13-1)35-21-23-46-28-44(35)50(41)32-12-6-10-30(26-32)38-16-8-18-40(48-38)39-17-7-15-37(47-39)29-9-5-11-31(25-29)49-42-20-4-2-14-34(42)36-27-45-24-22-43(36)49/h3*1-28H. The summed E-state index contributed by atoms with van der Waals surface area (Å²) in [6, 6.07) is 154. The van der Waals surface area contributed by atoms with Gasteiger partial charge in [-0.05, 0) is 224 Å². The molecule has 0 atom stereocenters. The van der Waals surface area contributed by atoms with Crippen molar-refractivity contribution < 1.29 is 0 Å². The Bertz CT molecular complexity index is 8730. The molecule has 0 spiro atoms. The van der Waals surface area contributed by atoms with Crippen LogP contribution >= 0.6 is 0 Å². The molecule has 0 saturated heterocycles. The van der Waals surface area contributed by atoms with Crippen molar-refractivity contribution in [2.24, 2.45) is 0 Å². The summed E-state index contributed by atoms with van der Waals surface area (Å²) in [5, 5.41) is 12.9. The number of hydrogen-bond acceptors (Lipinski definition) is 12. The lowest BCUT2D eigenvalue weighted by atomic mass is 10.1. The topological polar surface area (TPSA) is 184 Å². The molecular formula is C132H84N18. The van der Waals surface area contributed by atoms with Gasteiger partial charge in [-0.2, -0.15) is 0 Å². The Kier molecular flexibility index (Phi) is 21.4. The molecule has 150 heavy (non-hydrogen) atoms. The van der Waals surface area contributed by atoms with Crippen LogP contribution in [0.2, 0.25) is 0 Å². The normalized spacial score (nSPS) is 11.6. The van der Waals surface area contributed by atoms with Crippen molar-refractivity contribution in [2.75, 3.05) is 0 Å². The van der Waals surface area contributed by atoms with Crippen molar-refractivity contribution in [3.8, 4) is 136 Å². The lowest BCUT2D eigenvalue weighted by molar-refractivity contribution is 1.16. The molecule has 0 aliphatic carbocycles. The largest absolute Gasteiger partial charge is 0.309 e. The lowest BCUT2D eigenvalue weighted by Crippen LogP contribution is -1.96. The van der Waals surface area contributed by atoms with Gasteiger partial charge in [0.2, 0.25) is 0 Å². The Morgan fingerprint density at radius 1 is 0.127 bits per heavy atom. The molecule has 30 aromatic rings. The van der Waals surface area contributed by atoms with Gasteiger partial charge in [-0.1, -0.05) is 218 Å². The van der Waals surface area contributed by atoms with Crippen LogP contribution in [0.4, 0.5) is 0 Å². The van der Waals surface area contributed by atoms with Gasteiger partial charge in [-0.15, -0.1) is 0 Å². The molecule has 702 valence electrons. The van der Waals surface area contributed by atoms with E-state index in [1.165, 1.54) is 37.7 Å². The quantitative estimate of drug-likeness (QED) is 0.0947. The zero-order chi connectivity index (χ0) is 99.1. The van der Waals surface area contributed by atoms with Crippen molar-refractivity contribution in [3.05, 3.63) is 511 Å². The first-order valence-corrected chi connectivity index (χ1v) is 49.9. The summed E-state index contributed by atoms with van der Waals surface area (Å²) in [6.45, 7) is 0. The van der Waals surface area contributed by atoms with Gasteiger partial charge in [-0.25, -0.2) is 29.9 Å². The van der Waals surface area contributed by atoms with Gasteiger partial charge in [0.25, 0.3) is 0 Å². The highest BCUT2D eigenvalue weighted by Crippen LogP contribution is 2.43. The first kappa shape index (κ1) is 87.1. The minimum atomic E-state index is 0.820. The molecule has 12 aromatic carbocycles. The fourth-order valence-corrected chi connectivity index (χ4v) is 21.8. The van der Waals surface area contributed by atoms with E-state index in [0.717, 1.165) is 229 Å². The molecular weight excluding hydrogens is 1840 g/mol. The zero-order valence-electron chi connectivity index (χ0n) is 80.5. The van der Waals surface area contributed by atoms with E-state index in [9.17, 15) is 0 Å². The molecule has 0 fully saturated rings. The summed E-state index contributed by atoms with van der Waals surface area (Å²) < 4.78 is 13.7. The third kappa shape index (κ3) is 15.4. The molecule has 18 nitrogen and oxygen atoms in total. The highest BCUT2D eigenvalue weighted by atomic mass is 15.0. The van der Waals surface area contributed by atoms with E-state index in [0.29, 0.717) is 0 Å². The van der Waals surface area contributed by atoms with Crippen LogP contribution in [0, 0.1) is 0 Å². The highest BCUT2D eigenvalue weighted by Gasteiger charge is 2.24. The summed E-state index contributed by atoms with van der Waals surface area (Å²) >= 11 is 0. The maximum atomic E-state index is 5.13. The van der Waals surface area contributed by atoms with E-state index in [2.05, 4.69) is 453 Å². The van der Waals surface area contributed by atoms with Crippen LogP contribution in [0.1, 0.15) is 0 Å². The smallest absolute Gasteiger partial charge is 0.0963 e. The molecule has 0 aliphatic heterocycles. The minimum absolute atomic E-state index is 0.820. The van der Waals surface area contributed by atoms with E-state index >= 15 is 0 Å². The molecule has 0 unspecified atom stereocenters. The van der Waals surface area contributed by atoms with Crippen LogP contribution in [-0.2, 0) is 0 Å². The van der Waals surface area contributed by atoms with Crippen molar-refractivity contribution in [2.45, 2.75) is 0 Å². The average molecular weight is 1920 g/mol. The molecule has 18 aromatic heterocycles. The first-order chi connectivity index (χ1) is 74.4. The van der Waals surface area contributed by atoms with Gasteiger partial charge in [0.1, 0.15) is 0 Å². The average Bonchev–Trinajstić information content (AvgIpc) is 1.62. The Morgan fingerprint density at radius 3 is 0.613 bits per heavy atom. The van der Waals surface area contributed by atoms with Crippen LogP contribution in [0.25, 0.3) is 267 Å². The van der Waals surface area contributed by atoms with Crippen LogP contribution in [0.3, 0.4) is 0 Å². The molecule has 0 amide bonds. The number of aromatic nitrogens is 18. The lowest BCUT2D eigenvalue weighted by Gasteiger charge is -2.11. The molecule has 0 aliphatic rings. The van der Waals surface area contributed by atoms with Crippen LogP contribution < -0.4 is 0 Å². The van der Waals surface area contributed by atoms with E-state index in [1.807, 2.05) is 111 Å². The number of pyridine rings is 12. The molecule has 0 bridgehead atoms. The van der Waals surface area contributed by atoms with Crippen molar-refractivity contribution in [3.63, 3.8) is 0 Å². The molecule has 30 rings (SSSR count). The molecule has 0 radical (unpaired) electrons. The Balaban J connectivity index is 0.000000108. The molecule has 18 heteroatoms. The van der Waals surface area contributed by atoms with Crippen LogP contribution in [0.5, 0.6) is 0 Å². The number of fused-ring (bicyclic) bond motifs is 18. The SMILES string of the molecule is c1cc(-c2cccc(-c3cccc(-c4cccc(-n5c6ccccc6c6ccncc65)c4)n3)n2)cc(-n2c3ccccc3c3cnccc32)c1.c1cc(-c2cccc(-c3cccc(-c4cccc(-n5c6ccccc6c6cnccc65)c4)n3)n2)cc(-n2c3ccccc3c3cnccc32)c1.c1cc(-c2cccc(-c3cccc(-c4cccc(-n5c6ccccc6c6ncccc65)c4)n3)n2)cc(-n2c3ccccc3c3ccncc32)c1. The summed E-state index contributed by atoms with van der Waals surface area (Å²) in [7, 11) is 0. The van der Waals surface area contributed by atoms with Gasteiger partial charge in [0, 0.05) is 183 Å². The van der Waals surface area contributed by atoms with Gasteiger partial charge in [-0.3, -0.25) is 29.9 Å². The molecule has 18 heterocycles. The third-order valence-electron chi connectivity index (χ3n) is 28.5. The number of rotatable bonds is 15. The zero-order valence-corrected chi connectivity index (χ0v) is 80.5. The predicted octanol–water partition coefficient (Wildman–Crippen LogP) is 31.4. The first-order valence-electron chi connectivity index (χ1n) is 49.9. The second-order valence-corrected chi connectivity index (χ2v) is 37.2. The molecule has 0 saturated carbocycles. The van der Waals surface area contributed by atoms with Gasteiger partial charge >= 0.3 is 0 Å². The fourth-order valence-electron chi connectivity index (χ4n) is 21.8. The minimum Gasteiger partial charge on any atom is -0.309 e. The van der Waals surface area contributed by atoms with E-state index < -0.39 is 0 Å².